The van der Waals surface area contributed by atoms with E-state index < -0.39 is 12.1 Å². The molecular weight excluding hydrogens is 424 g/mol. The van der Waals surface area contributed by atoms with Gasteiger partial charge in [-0.1, -0.05) is 38.1 Å². The molecule has 0 spiro atoms. The zero-order valence-electron chi connectivity index (χ0n) is 18.8. The molecule has 168 valence electrons. The number of anilines is 1. The lowest BCUT2D eigenvalue weighted by atomic mass is 9.97. The zero-order chi connectivity index (χ0) is 23.1. The van der Waals surface area contributed by atoms with Gasteiger partial charge in [0.1, 0.15) is 12.4 Å². The Labute approximate surface area is 192 Å². The van der Waals surface area contributed by atoms with Crippen LogP contribution in [0.25, 0.3) is 0 Å². The number of esters is 1. The number of carbonyl (C=O) groups is 2. The van der Waals surface area contributed by atoms with E-state index in [1.54, 1.807) is 42.5 Å². The quantitative estimate of drug-likeness (QED) is 0.420. The summed E-state index contributed by atoms with van der Waals surface area (Å²) in [5.74, 6) is -0.122. The van der Waals surface area contributed by atoms with Crippen LogP contribution in [-0.4, -0.2) is 23.0 Å². The van der Waals surface area contributed by atoms with Crippen LogP contribution in [0.4, 0.5) is 5.69 Å². The highest BCUT2D eigenvalue weighted by Gasteiger charge is 2.21. The largest absolute Gasteiger partial charge is 0.487 e. The topological polar surface area (TPSA) is 77.5 Å². The van der Waals surface area contributed by atoms with Gasteiger partial charge in [-0.05, 0) is 56.0 Å². The number of para-hydroxylation sites is 1. The van der Waals surface area contributed by atoms with Gasteiger partial charge in [0.15, 0.2) is 6.10 Å². The summed E-state index contributed by atoms with van der Waals surface area (Å²) >= 11 is 1.56. The Hall–Kier alpha value is -3.19. The number of rotatable bonds is 9. The van der Waals surface area contributed by atoms with Gasteiger partial charge in [0.2, 0.25) is 0 Å². The normalized spacial score (nSPS) is 12.6. The predicted molar refractivity (Wildman–Crippen MR) is 126 cm³/mol. The molecule has 2 unspecified atom stereocenters. The molecule has 0 saturated carbocycles. The molecule has 0 saturated heterocycles. The van der Waals surface area contributed by atoms with Gasteiger partial charge in [-0.2, -0.15) is 0 Å². The van der Waals surface area contributed by atoms with Crippen LogP contribution in [-0.2, 0) is 16.1 Å². The molecule has 7 heteroatoms. The van der Waals surface area contributed by atoms with E-state index in [0.717, 1.165) is 28.4 Å². The van der Waals surface area contributed by atoms with E-state index in [9.17, 15) is 9.59 Å². The van der Waals surface area contributed by atoms with Crippen molar-refractivity contribution in [2.75, 3.05) is 5.32 Å². The Morgan fingerprint density at radius 2 is 1.91 bits per heavy atom. The van der Waals surface area contributed by atoms with Gasteiger partial charge >= 0.3 is 5.97 Å². The molecule has 0 aliphatic rings. The third-order valence-corrected chi connectivity index (χ3v) is 5.96. The summed E-state index contributed by atoms with van der Waals surface area (Å²) in [5, 5.41) is 5.80. The van der Waals surface area contributed by atoms with Gasteiger partial charge in [0, 0.05) is 11.1 Å². The molecular formula is C25H28N2O4S. The smallest absolute Gasteiger partial charge is 0.339 e. The van der Waals surface area contributed by atoms with Crippen molar-refractivity contribution in [1.82, 2.24) is 4.98 Å². The number of benzene rings is 2. The molecule has 1 aromatic heterocycles. The van der Waals surface area contributed by atoms with Crippen molar-refractivity contribution in [1.29, 1.82) is 0 Å². The van der Waals surface area contributed by atoms with Crippen molar-refractivity contribution >= 4 is 28.9 Å². The van der Waals surface area contributed by atoms with Gasteiger partial charge in [-0.25, -0.2) is 9.78 Å². The lowest BCUT2D eigenvalue weighted by Gasteiger charge is -2.18. The Morgan fingerprint density at radius 1 is 1.12 bits per heavy atom. The van der Waals surface area contributed by atoms with Crippen molar-refractivity contribution in [2.24, 2.45) is 0 Å². The van der Waals surface area contributed by atoms with Crippen LogP contribution in [0, 0.1) is 6.92 Å². The molecule has 2 atom stereocenters. The van der Waals surface area contributed by atoms with E-state index >= 15 is 0 Å². The summed E-state index contributed by atoms with van der Waals surface area (Å²) in [6.45, 7) is 8.02. The van der Waals surface area contributed by atoms with E-state index in [2.05, 4.69) is 24.1 Å². The molecule has 0 radical (unpaired) electrons. The number of hydrogen-bond donors (Lipinski definition) is 1. The highest BCUT2D eigenvalue weighted by atomic mass is 32.1. The summed E-state index contributed by atoms with van der Waals surface area (Å²) in [6.07, 6.45) is 0.00723. The molecule has 0 bridgehead atoms. The van der Waals surface area contributed by atoms with Gasteiger partial charge in [0.05, 0.1) is 16.3 Å². The number of hydrogen-bond acceptors (Lipinski definition) is 6. The van der Waals surface area contributed by atoms with Gasteiger partial charge in [-0.15, -0.1) is 11.3 Å². The Morgan fingerprint density at radius 3 is 2.62 bits per heavy atom. The molecule has 6 nitrogen and oxygen atoms in total. The summed E-state index contributed by atoms with van der Waals surface area (Å²) in [7, 11) is 0. The number of aromatic nitrogens is 1. The van der Waals surface area contributed by atoms with Crippen LogP contribution in [0.2, 0.25) is 0 Å². The van der Waals surface area contributed by atoms with Gasteiger partial charge in [-0.3, -0.25) is 4.79 Å². The van der Waals surface area contributed by atoms with Crippen molar-refractivity contribution in [3.05, 3.63) is 75.7 Å². The zero-order valence-corrected chi connectivity index (χ0v) is 19.6. The maximum Gasteiger partial charge on any atom is 0.339 e. The molecule has 2 aromatic carbocycles. The average Bonchev–Trinajstić information content (AvgIpc) is 3.22. The van der Waals surface area contributed by atoms with Gasteiger partial charge in [0.25, 0.3) is 5.91 Å². The van der Waals surface area contributed by atoms with Crippen LogP contribution in [0.1, 0.15) is 59.7 Å². The highest BCUT2D eigenvalue weighted by Crippen LogP contribution is 2.26. The number of amides is 1. The maximum absolute atomic E-state index is 12.7. The number of carbonyl (C=O) groups excluding carboxylic acids is 2. The highest BCUT2D eigenvalue weighted by molar-refractivity contribution is 7.09. The summed E-state index contributed by atoms with van der Waals surface area (Å²) in [4.78, 5) is 29.6. The van der Waals surface area contributed by atoms with Gasteiger partial charge < -0.3 is 14.8 Å². The minimum absolute atomic E-state index is 0.306. The second-order valence-electron chi connectivity index (χ2n) is 7.61. The summed E-state index contributed by atoms with van der Waals surface area (Å²) in [5.41, 5.74) is 2.95. The molecule has 0 aliphatic carbocycles. The van der Waals surface area contributed by atoms with Crippen LogP contribution in [0.15, 0.2) is 53.9 Å². The fourth-order valence-corrected chi connectivity index (χ4v) is 3.72. The summed E-state index contributed by atoms with van der Waals surface area (Å²) < 4.78 is 11.1. The first-order valence-corrected chi connectivity index (χ1v) is 11.5. The van der Waals surface area contributed by atoms with E-state index in [1.807, 2.05) is 36.6 Å². The SMILES string of the molecule is CCC(C)c1ccccc1NC(=O)C(C)OC(=O)c1cccc(OCc2csc(C)n2)c1. The number of nitrogens with zero attached hydrogens (tertiary/aromatic N) is 1. The fraction of sp³-hybridized carbons (Fsp3) is 0.320. The predicted octanol–water partition coefficient (Wildman–Crippen LogP) is 5.73. The molecule has 3 rings (SSSR count). The molecule has 3 aromatic rings. The first-order valence-electron chi connectivity index (χ1n) is 10.6. The Kier molecular flexibility index (Phi) is 8.00. The van der Waals surface area contributed by atoms with Crippen LogP contribution in [0.5, 0.6) is 5.75 Å². The minimum Gasteiger partial charge on any atom is -0.487 e. The van der Waals surface area contributed by atoms with Crippen molar-refractivity contribution in [3.8, 4) is 5.75 Å². The lowest BCUT2D eigenvalue weighted by Crippen LogP contribution is -2.30. The molecule has 1 heterocycles. The van der Waals surface area contributed by atoms with Crippen LogP contribution in [0.3, 0.4) is 0 Å². The first kappa shape index (κ1) is 23.5. The number of nitrogens with one attached hydrogen (secondary N) is 1. The third kappa shape index (κ3) is 6.17. The van der Waals surface area contributed by atoms with Crippen LogP contribution < -0.4 is 10.1 Å². The number of ether oxygens (including phenoxy) is 2. The van der Waals surface area contributed by atoms with E-state index in [1.165, 1.54) is 0 Å². The van der Waals surface area contributed by atoms with Crippen molar-refractivity contribution in [3.63, 3.8) is 0 Å². The van der Waals surface area contributed by atoms with Crippen molar-refractivity contribution in [2.45, 2.75) is 52.7 Å². The third-order valence-electron chi connectivity index (χ3n) is 5.14. The number of aryl methyl sites for hydroxylation is 1. The lowest BCUT2D eigenvalue weighted by molar-refractivity contribution is -0.123. The van der Waals surface area contributed by atoms with Crippen molar-refractivity contribution < 1.29 is 19.1 Å². The monoisotopic (exact) mass is 452 g/mol. The molecule has 32 heavy (non-hydrogen) atoms. The average molecular weight is 453 g/mol. The molecule has 0 fully saturated rings. The standard InChI is InChI=1S/C25H28N2O4S/c1-5-16(2)22-11-6-7-12-23(22)27-24(28)17(3)31-25(29)19-9-8-10-21(13-19)30-14-20-15-32-18(4)26-20/h6-13,15-17H,5,14H2,1-4H3,(H,27,28). The Balaban J connectivity index is 1.60. The maximum atomic E-state index is 12.7. The minimum atomic E-state index is -0.949. The Bertz CT molecular complexity index is 1080. The second kappa shape index (κ2) is 10.9. The molecule has 0 aliphatic heterocycles. The second-order valence-corrected chi connectivity index (χ2v) is 8.67. The molecule has 1 N–H and O–H groups in total. The first-order chi connectivity index (χ1) is 15.4. The molecule has 1 amide bonds. The number of thiazole rings is 1. The fourth-order valence-electron chi connectivity index (χ4n) is 3.12. The van der Waals surface area contributed by atoms with E-state index in [-0.39, 0.29) is 5.91 Å². The summed E-state index contributed by atoms with van der Waals surface area (Å²) in [6, 6.07) is 14.4. The van der Waals surface area contributed by atoms with E-state index in [4.69, 9.17) is 9.47 Å². The van der Waals surface area contributed by atoms with Crippen LogP contribution >= 0.6 is 11.3 Å². The van der Waals surface area contributed by atoms with E-state index in [0.29, 0.717) is 23.8 Å².